The molecule has 0 amide bonds. The molecular formula is C13H21Si. The molecule has 0 unspecified atom stereocenters. The second kappa shape index (κ2) is 3.54. The largest absolute Gasteiger partial charge is 0.0787 e. The van der Waals surface area contributed by atoms with Crippen LogP contribution in [0.4, 0.5) is 0 Å². The van der Waals surface area contributed by atoms with Crippen molar-refractivity contribution in [1.29, 1.82) is 0 Å². The van der Waals surface area contributed by atoms with Crippen LogP contribution in [0.15, 0.2) is 0 Å². The van der Waals surface area contributed by atoms with Gasteiger partial charge in [-0.05, 0) is 61.2 Å². The molecule has 0 atom stereocenters. The Kier molecular flexibility index (Phi) is 2.91. The predicted octanol–water partition coefficient (Wildman–Crippen LogP) is 3.27. The van der Waals surface area contributed by atoms with Crippen LogP contribution >= 0.6 is 0 Å². The van der Waals surface area contributed by atoms with Crippen molar-refractivity contribution < 1.29 is 0 Å². The minimum absolute atomic E-state index is 1.22. The molecule has 0 spiro atoms. The van der Waals surface area contributed by atoms with Gasteiger partial charge in [0.15, 0.2) is 0 Å². The standard InChI is InChI=1S/C13H21Si/c1-9-8-13(14(5,6)7)12(4)11(3)10(9)2/h1-7H3. The van der Waals surface area contributed by atoms with Crippen molar-refractivity contribution in [3.05, 3.63) is 28.3 Å². The molecule has 1 radical (unpaired) electrons. The van der Waals surface area contributed by atoms with Crippen molar-refractivity contribution in [2.24, 2.45) is 0 Å². The molecule has 0 bridgehead atoms. The Morgan fingerprint density at radius 3 is 1.71 bits per heavy atom. The molecule has 0 aliphatic carbocycles. The van der Waals surface area contributed by atoms with Gasteiger partial charge in [-0.2, -0.15) is 0 Å². The van der Waals surface area contributed by atoms with Gasteiger partial charge < -0.3 is 0 Å². The van der Waals surface area contributed by atoms with Gasteiger partial charge in [0.2, 0.25) is 0 Å². The highest BCUT2D eigenvalue weighted by Gasteiger charge is 2.21. The lowest BCUT2D eigenvalue weighted by Crippen LogP contribution is -2.40. The Morgan fingerprint density at radius 2 is 1.29 bits per heavy atom. The van der Waals surface area contributed by atoms with Crippen LogP contribution in [0.3, 0.4) is 0 Å². The molecule has 0 aliphatic rings. The summed E-state index contributed by atoms with van der Waals surface area (Å²) in [4.78, 5) is 0. The third-order valence-electron chi connectivity index (χ3n) is 3.12. The highest BCUT2D eigenvalue weighted by atomic mass is 28.3. The first-order valence-electron chi connectivity index (χ1n) is 5.25. The van der Waals surface area contributed by atoms with Crippen LogP contribution in [0.5, 0.6) is 0 Å². The molecule has 0 nitrogen and oxygen atoms in total. The second-order valence-electron chi connectivity index (χ2n) is 5.25. The maximum atomic E-state index is 3.59. The van der Waals surface area contributed by atoms with Crippen LogP contribution in [0.1, 0.15) is 22.3 Å². The summed E-state index contributed by atoms with van der Waals surface area (Å²) in [6, 6.07) is 3.59. The Morgan fingerprint density at radius 1 is 0.786 bits per heavy atom. The Labute approximate surface area is 89.4 Å². The van der Waals surface area contributed by atoms with Crippen molar-refractivity contribution in [2.45, 2.75) is 47.3 Å². The van der Waals surface area contributed by atoms with E-state index in [4.69, 9.17) is 0 Å². The Hall–Kier alpha value is -0.563. The lowest BCUT2D eigenvalue weighted by molar-refractivity contribution is 1.22. The van der Waals surface area contributed by atoms with E-state index < -0.39 is 8.07 Å². The smallest absolute Gasteiger partial charge is 0.0656 e. The first-order chi connectivity index (χ1) is 6.25. The summed E-state index contributed by atoms with van der Waals surface area (Å²) >= 11 is 0. The summed E-state index contributed by atoms with van der Waals surface area (Å²) in [5, 5.41) is 1.50. The topological polar surface area (TPSA) is 0 Å². The molecule has 1 aromatic rings. The van der Waals surface area contributed by atoms with Gasteiger partial charge in [0, 0.05) is 0 Å². The monoisotopic (exact) mass is 205 g/mol. The lowest BCUT2D eigenvalue weighted by Gasteiger charge is -2.22. The van der Waals surface area contributed by atoms with Gasteiger partial charge in [0.25, 0.3) is 0 Å². The molecule has 0 saturated heterocycles. The number of aryl methyl sites for hydroxylation is 1. The average Bonchev–Trinajstić information content (AvgIpc) is 2.06. The molecule has 1 aromatic carbocycles. The molecule has 0 fully saturated rings. The van der Waals surface area contributed by atoms with E-state index in [1.165, 1.54) is 27.4 Å². The van der Waals surface area contributed by atoms with E-state index in [0.29, 0.717) is 0 Å². The van der Waals surface area contributed by atoms with E-state index in [1.807, 2.05) is 0 Å². The van der Waals surface area contributed by atoms with E-state index in [1.54, 1.807) is 0 Å². The molecule has 0 aliphatic heterocycles. The van der Waals surface area contributed by atoms with Crippen molar-refractivity contribution >= 4 is 13.3 Å². The fraction of sp³-hybridized carbons (Fsp3) is 0.538. The quantitative estimate of drug-likeness (QED) is 0.617. The lowest BCUT2D eigenvalue weighted by atomic mass is 10.00. The molecule has 0 saturated carbocycles. The third-order valence-corrected chi connectivity index (χ3v) is 5.12. The first kappa shape index (κ1) is 11.5. The van der Waals surface area contributed by atoms with Crippen LogP contribution in [0.2, 0.25) is 19.6 Å². The molecular weight excluding hydrogens is 184 g/mol. The molecule has 0 aromatic heterocycles. The van der Waals surface area contributed by atoms with Gasteiger partial charge >= 0.3 is 0 Å². The average molecular weight is 205 g/mol. The van der Waals surface area contributed by atoms with Crippen molar-refractivity contribution in [2.75, 3.05) is 0 Å². The molecule has 1 rings (SSSR count). The number of rotatable bonds is 1. The molecule has 14 heavy (non-hydrogen) atoms. The van der Waals surface area contributed by atoms with Crippen LogP contribution in [0.25, 0.3) is 0 Å². The van der Waals surface area contributed by atoms with E-state index in [-0.39, 0.29) is 0 Å². The summed E-state index contributed by atoms with van der Waals surface area (Å²) in [6.07, 6.45) is 0. The summed E-state index contributed by atoms with van der Waals surface area (Å²) in [5.74, 6) is 0. The maximum Gasteiger partial charge on any atom is 0.0787 e. The Balaban J connectivity index is 3.49. The number of hydrogen-bond acceptors (Lipinski definition) is 0. The highest BCUT2D eigenvalue weighted by molar-refractivity contribution is 6.89. The maximum absolute atomic E-state index is 3.59. The summed E-state index contributed by atoms with van der Waals surface area (Å²) < 4.78 is 0. The molecule has 0 heterocycles. The first-order valence-corrected chi connectivity index (χ1v) is 8.75. The normalized spacial score (nSPS) is 11.9. The van der Waals surface area contributed by atoms with Gasteiger partial charge in [-0.1, -0.05) is 19.6 Å². The minimum Gasteiger partial charge on any atom is -0.0656 e. The zero-order chi connectivity index (χ0) is 11.1. The van der Waals surface area contributed by atoms with Crippen molar-refractivity contribution in [1.82, 2.24) is 0 Å². The second-order valence-corrected chi connectivity index (χ2v) is 10.2. The van der Waals surface area contributed by atoms with E-state index in [0.717, 1.165) is 0 Å². The van der Waals surface area contributed by atoms with E-state index >= 15 is 0 Å². The number of hydrogen-bond donors (Lipinski definition) is 0. The van der Waals surface area contributed by atoms with E-state index in [2.05, 4.69) is 53.4 Å². The molecule has 1 heteroatoms. The predicted molar refractivity (Wildman–Crippen MR) is 67.2 cm³/mol. The number of benzene rings is 1. The summed E-state index contributed by atoms with van der Waals surface area (Å²) in [5.41, 5.74) is 5.65. The molecule has 77 valence electrons. The van der Waals surface area contributed by atoms with Crippen LogP contribution in [-0.2, 0) is 0 Å². The molecule has 0 N–H and O–H groups in total. The summed E-state index contributed by atoms with van der Waals surface area (Å²) in [6.45, 7) is 16.0. The fourth-order valence-corrected chi connectivity index (χ4v) is 3.75. The summed E-state index contributed by atoms with van der Waals surface area (Å²) in [7, 11) is -1.22. The van der Waals surface area contributed by atoms with E-state index in [9.17, 15) is 0 Å². The zero-order valence-corrected chi connectivity index (χ0v) is 11.5. The van der Waals surface area contributed by atoms with Crippen LogP contribution in [-0.4, -0.2) is 8.07 Å². The highest BCUT2D eigenvalue weighted by Crippen LogP contribution is 2.17. The van der Waals surface area contributed by atoms with Gasteiger partial charge in [-0.25, -0.2) is 0 Å². The minimum atomic E-state index is -1.22. The van der Waals surface area contributed by atoms with Crippen LogP contribution < -0.4 is 5.19 Å². The fourth-order valence-electron chi connectivity index (χ4n) is 1.88. The third kappa shape index (κ3) is 1.93. The SMILES string of the molecule is Cc1[c]c([Si](C)(C)C)c(C)c(C)c1C. The van der Waals surface area contributed by atoms with Gasteiger partial charge in [0.05, 0.1) is 8.07 Å². The zero-order valence-electron chi connectivity index (χ0n) is 10.5. The van der Waals surface area contributed by atoms with Crippen molar-refractivity contribution in [3.8, 4) is 0 Å². The van der Waals surface area contributed by atoms with Crippen LogP contribution in [0, 0.1) is 33.8 Å². The van der Waals surface area contributed by atoms with Gasteiger partial charge in [-0.15, -0.1) is 0 Å². The Bertz CT molecular complexity index is 356. The van der Waals surface area contributed by atoms with Crippen molar-refractivity contribution in [3.63, 3.8) is 0 Å². The van der Waals surface area contributed by atoms with Gasteiger partial charge in [0.1, 0.15) is 0 Å². The van der Waals surface area contributed by atoms with Gasteiger partial charge in [-0.3, -0.25) is 0 Å².